The van der Waals surface area contributed by atoms with Crippen LogP contribution >= 0.6 is 0 Å². The van der Waals surface area contributed by atoms with E-state index in [0.29, 0.717) is 46.7 Å². The predicted octanol–water partition coefficient (Wildman–Crippen LogP) is 5.35. The molecule has 5 nitrogen and oxygen atoms in total. The summed E-state index contributed by atoms with van der Waals surface area (Å²) >= 11 is 0. The minimum absolute atomic E-state index is 0.112. The van der Waals surface area contributed by atoms with Crippen LogP contribution in [0, 0.1) is 52.3 Å². The second-order valence-electron chi connectivity index (χ2n) is 13.9. The lowest BCUT2D eigenvalue weighted by atomic mass is 9.44. The maximum absolute atomic E-state index is 11.6. The summed E-state index contributed by atoms with van der Waals surface area (Å²) in [6.45, 7) is 12.2. The Morgan fingerprint density at radius 2 is 1.76 bits per heavy atom. The molecule has 3 aliphatic heterocycles. The standard InChI is InChI=1S/C29H44O5/c1-15-14-31-29(26-25(15)33-26)16(2)24-23(34-29)13-22-20-7-6-18-12-19(32-17(3)30)8-10-27(18,4)21(20)9-11-28(22,24)5/h15-16,18-26H,6-14H2,1-5H3/t15-,16-,18-,19-,20+,21-,22-,23-,24-,25-,26-,27-,28-,29-/m0/s1. The second-order valence-corrected chi connectivity index (χ2v) is 13.9. The molecule has 7 aliphatic rings. The largest absolute Gasteiger partial charge is 0.463 e. The van der Waals surface area contributed by atoms with E-state index in [0.717, 1.165) is 37.2 Å². The molecule has 0 aromatic heterocycles. The van der Waals surface area contributed by atoms with Gasteiger partial charge in [0, 0.05) is 18.8 Å². The van der Waals surface area contributed by atoms with Crippen molar-refractivity contribution in [1.29, 1.82) is 0 Å². The summed E-state index contributed by atoms with van der Waals surface area (Å²) in [5, 5.41) is 0. The average molecular weight is 473 g/mol. The molecule has 4 aliphatic carbocycles. The highest BCUT2D eigenvalue weighted by atomic mass is 16.8. The Morgan fingerprint density at radius 1 is 0.971 bits per heavy atom. The Balaban J connectivity index is 1.12. The molecule has 4 saturated carbocycles. The molecule has 190 valence electrons. The Morgan fingerprint density at radius 3 is 2.56 bits per heavy atom. The third-order valence-corrected chi connectivity index (χ3v) is 12.6. The Kier molecular flexibility index (Phi) is 4.79. The molecule has 34 heavy (non-hydrogen) atoms. The third kappa shape index (κ3) is 2.81. The molecule has 0 aromatic rings. The van der Waals surface area contributed by atoms with Gasteiger partial charge >= 0.3 is 5.97 Å². The zero-order valence-corrected chi connectivity index (χ0v) is 21.8. The summed E-state index contributed by atoms with van der Waals surface area (Å²) in [4.78, 5) is 11.6. The van der Waals surface area contributed by atoms with Gasteiger partial charge in [0.2, 0.25) is 5.79 Å². The van der Waals surface area contributed by atoms with Crippen LogP contribution in [-0.4, -0.2) is 42.8 Å². The van der Waals surface area contributed by atoms with E-state index in [9.17, 15) is 4.79 Å². The smallest absolute Gasteiger partial charge is 0.302 e. The fraction of sp³-hybridized carbons (Fsp3) is 0.966. The molecule has 0 amide bonds. The number of hydrogen-bond acceptors (Lipinski definition) is 5. The van der Waals surface area contributed by atoms with Crippen molar-refractivity contribution in [2.45, 2.75) is 116 Å². The summed E-state index contributed by atoms with van der Waals surface area (Å²) in [6, 6.07) is 0. The molecule has 3 saturated heterocycles. The molecule has 3 heterocycles. The van der Waals surface area contributed by atoms with Crippen molar-refractivity contribution >= 4 is 5.97 Å². The van der Waals surface area contributed by atoms with E-state index in [4.69, 9.17) is 18.9 Å². The van der Waals surface area contributed by atoms with E-state index in [1.165, 1.54) is 38.5 Å². The lowest BCUT2D eigenvalue weighted by molar-refractivity contribution is -0.268. The number of carbonyl (C=O) groups is 1. The monoisotopic (exact) mass is 472 g/mol. The van der Waals surface area contributed by atoms with Crippen molar-refractivity contribution in [1.82, 2.24) is 0 Å². The zero-order chi connectivity index (χ0) is 23.6. The number of esters is 1. The van der Waals surface area contributed by atoms with Crippen LogP contribution < -0.4 is 0 Å². The molecular formula is C29H44O5. The number of carbonyl (C=O) groups excluding carboxylic acids is 1. The summed E-state index contributed by atoms with van der Waals surface area (Å²) in [5.41, 5.74) is 0.758. The Bertz CT molecular complexity index is 875. The van der Waals surface area contributed by atoms with E-state index in [2.05, 4.69) is 27.7 Å². The maximum atomic E-state index is 11.6. The quantitative estimate of drug-likeness (QED) is 0.380. The predicted molar refractivity (Wildman–Crippen MR) is 127 cm³/mol. The highest BCUT2D eigenvalue weighted by Crippen LogP contribution is 2.72. The molecular weight excluding hydrogens is 428 g/mol. The van der Waals surface area contributed by atoms with Gasteiger partial charge in [-0.1, -0.05) is 27.7 Å². The number of epoxide rings is 1. The van der Waals surface area contributed by atoms with Crippen LogP contribution in [0.15, 0.2) is 0 Å². The maximum Gasteiger partial charge on any atom is 0.302 e. The van der Waals surface area contributed by atoms with Gasteiger partial charge in [0.25, 0.3) is 0 Å². The lowest BCUT2D eigenvalue weighted by Crippen LogP contribution is -2.56. The topological polar surface area (TPSA) is 57.3 Å². The summed E-state index contributed by atoms with van der Waals surface area (Å²) in [6.07, 6.45) is 10.8. The molecule has 0 radical (unpaired) electrons. The highest BCUT2D eigenvalue weighted by molar-refractivity contribution is 5.66. The van der Waals surface area contributed by atoms with Gasteiger partial charge in [-0.25, -0.2) is 0 Å². The van der Waals surface area contributed by atoms with Crippen LogP contribution in [0.3, 0.4) is 0 Å². The van der Waals surface area contributed by atoms with Gasteiger partial charge in [-0.15, -0.1) is 0 Å². The van der Waals surface area contributed by atoms with E-state index in [-0.39, 0.29) is 18.2 Å². The summed E-state index contributed by atoms with van der Waals surface area (Å²) in [7, 11) is 0. The molecule has 0 bridgehead atoms. The van der Waals surface area contributed by atoms with Crippen molar-refractivity contribution in [2.24, 2.45) is 52.3 Å². The van der Waals surface area contributed by atoms with E-state index in [1.807, 2.05) is 0 Å². The Hall–Kier alpha value is -0.650. The van der Waals surface area contributed by atoms with Crippen LogP contribution in [-0.2, 0) is 23.7 Å². The minimum Gasteiger partial charge on any atom is -0.463 e. The number of hydrogen-bond donors (Lipinski definition) is 0. The number of ether oxygens (including phenoxy) is 4. The van der Waals surface area contributed by atoms with Crippen molar-refractivity contribution in [2.75, 3.05) is 6.61 Å². The summed E-state index contributed by atoms with van der Waals surface area (Å²) in [5.74, 6) is 3.97. The zero-order valence-electron chi connectivity index (χ0n) is 21.8. The van der Waals surface area contributed by atoms with E-state index >= 15 is 0 Å². The summed E-state index contributed by atoms with van der Waals surface area (Å²) < 4.78 is 25.3. The fourth-order valence-electron chi connectivity index (χ4n) is 11.0. The molecule has 5 heteroatoms. The molecule has 0 unspecified atom stereocenters. The normalized spacial score (nSPS) is 61.6. The van der Waals surface area contributed by atoms with Gasteiger partial charge in [-0.3, -0.25) is 4.79 Å². The van der Waals surface area contributed by atoms with Crippen molar-refractivity contribution in [3.8, 4) is 0 Å². The van der Waals surface area contributed by atoms with Gasteiger partial charge in [0.1, 0.15) is 12.2 Å². The fourth-order valence-corrected chi connectivity index (χ4v) is 11.0. The SMILES string of the molecule is CC(=O)O[C@H]1CC[C@@]2(C)[C@@H](CC[C@@H]3[C@@H]2CC[C@]2(C)[C@@H]4[C@H](C[C@@H]32)O[C@@]2(OC[C@H](C)[C@@H]3O[C@@H]32)[C@H]4C)C1. The van der Waals surface area contributed by atoms with Crippen molar-refractivity contribution < 1.29 is 23.7 Å². The molecule has 0 aromatic carbocycles. The highest BCUT2D eigenvalue weighted by Gasteiger charge is 2.75. The number of fused-ring (bicyclic) bond motifs is 9. The van der Waals surface area contributed by atoms with Gasteiger partial charge in [-0.05, 0) is 91.8 Å². The Labute approximate surface area is 205 Å². The van der Waals surface area contributed by atoms with Gasteiger partial charge < -0.3 is 18.9 Å². The third-order valence-electron chi connectivity index (χ3n) is 12.6. The van der Waals surface area contributed by atoms with Gasteiger partial charge in [0.05, 0.1) is 18.8 Å². The minimum atomic E-state index is -0.490. The van der Waals surface area contributed by atoms with Crippen LogP contribution in [0.2, 0.25) is 0 Å². The van der Waals surface area contributed by atoms with E-state index in [1.54, 1.807) is 6.92 Å². The first kappa shape index (κ1) is 22.5. The van der Waals surface area contributed by atoms with Crippen LogP contribution in [0.1, 0.15) is 86.0 Å². The van der Waals surface area contributed by atoms with Gasteiger partial charge in [0.15, 0.2) is 0 Å². The second kappa shape index (κ2) is 7.22. The number of rotatable bonds is 1. The van der Waals surface area contributed by atoms with Crippen LogP contribution in [0.25, 0.3) is 0 Å². The van der Waals surface area contributed by atoms with Crippen LogP contribution in [0.5, 0.6) is 0 Å². The van der Waals surface area contributed by atoms with Gasteiger partial charge in [-0.2, -0.15) is 0 Å². The van der Waals surface area contributed by atoms with Crippen LogP contribution in [0.4, 0.5) is 0 Å². The molecule has 1 spiro atoms. The molecule has 7 fully saturated rings. The molecule has 0 N–H and O–H groups in total. The average Bonchev–Trinajstić information content (AvgIpc) is 3.48. The first-order valence-corrected chi connectivity index (χ1v) is 14.3. The molecule has 7 rings (SSSR count). The van der Waals surface area contributed by atoms with Crippen molar-refractivity contribution in [3.63, 3.8) is 0 Å². The first-order valence-electron chi connectivity index (χ1n) is 14.3. The molecule has 14 atom stereocenters. The van der Waals surface area contributed by atoms with Crippen molar-refractivity contribution in [3.05, 3.63) is 0 Å². The lowest BCUT2D eigenvalue weighted by Gasteiger charge is -2.61. The first-order chi connectivity index (χ1) is 16.2. The van der Waals surface area contributed by atoms with E-state index < -0.39 is 5.79 Å².